The molecule has 138 valence electrons. The lowest BCUT2D eigenvalue weighted by Gasteiger charge is -2.26. The Kier molecular flexibility index (Phi) is 4.87. The molecule has 0 aliphatic carbocycles. The fourth-order valence-electron chi connectivity index (χ4n) is 2.73. The van der Waals surface area contributed by atoms with Crippen LogP contribution in [0.1, 0.15) is 0 Å². The molecule has 1 aromatic heterocycles. The van der Waals surface area contributed by atoms with Crippen LogP contribution < -0.4 is 21.7 Å². The van der Waals surface area contributed by atoms with Crippen LogP contribution in [0.2, 0.25) is 0 Å². The molecule has 0 radical (unpaired) electrons. The lowest BCUT2D eigenvalue weighted by molar-refractivity contribution is -0.140. The zero-order valence-corrected chi connectivity index (χ0v) is 13.1. The Morgan fingerprint density at radius 2 is 2.24 bits per heavy atom. The van der Waals surface area contributed by atoms with Crippen LogP contribution in [0.25, 0.3) is 0 Å². The lowest BCUT2D eigenvalue weighted by Crippen LogP contribution is -2.44. The molecule has 0 spiro atoms. The number of aliphatic hydroxyl groups is 2. The molecule has 2 aliphatic heterocycles. The van der Waals surface area contributed by atoms with Crippen LogP contribution in [-0.2, 0) is 14.3 Å². The molecule has 0 aromatic carbocycles. The quantitative estimate of drug-likeness (QED) is 0.306. The van der Waals surface area contributed by atoms with E-state index in [-0.39, 0.29) is 25.7 Å². The van der Waals surface area contributed by atoms with Gasteiger partial charge in [-0.25, -0.2) is 9.97 Å². The van der Waals surface area contributed by atoms with E-state index in [1.54, 1.807) is 4.90 Å². The number of nitrogens with two attached hydrogens (primary N) is 2. The monoisotopic (exact) mass is 356 g/mol. The summed E-state index contributed by atoms with van der Waals surface area (Å²) in [5.41, 5.74) is 11.6. The number of fused-ring (bicyclic) bond motifs is 1. The number of rotatable bonds is 6. The summed E-state index contributed by atoms with van der Waals surface area (Å²) in [7, 11) is 0. The molecule has 5 atom stereocenters. The molecule has 12 nitrogen and oxygen atoms in total. The van der Waals surface area contributed by atoms with Crippen LogP contribution in [-0.4, -0.2) is 81.7 Å². The molecule has 25 heavy (non-hydrogen) atoms. The van der Waals surface area contributed by atoms with E-state index in [2.05, 4.69) is 15.3 Å². The molecular formula is C13H20N6O6. The van der Waals surface area contributed by atoms with Crippen LogP contribution in [0.5, 0.6) is 0 Å². The van der Waals surface area contributed by atoms with Gasteiger partial charge in [0, 0.05) is 0 Å². The van der Waals surface area contributed by atoms with Gasteiger partial charge >= 0.3 is 5.97 Å². The number of aromatic nitrogens is 2. The van der Waals surface area contributed by atoms with Gasteiger partial charge in [-0.05, 0) is 0 Å². The normalized spacial score (nSPS) is 29.3. The number of ether oxygens (including phenoxy) is 2. The molecule has 0 bridgehead atoms. The second kappa shape index (κ2) is 6.93. The fourth-order valence-corrected chi connectivity index (χ4v) is 2.73. The molecule has 3 heterocycles. The molecule has 2 aliphatic rings. The second-order valence-corrected chi connectivity index (χ2v) is 5.79. The number of hydrogen-bond donors (Lipinski definition) is 6. The van der Waals surface area contributed by atoms with Gasteiger partial charge in [-0.15, -0.1) is 0 Å². The first kappa shape index (κ1) is 17.6. The molecule has 3 rings (SSSR count). The van der Waals surface area contributed by atoms with Gasteiger partial charge in [-0.1, -0.05) is 0 Å². The number of nitrogen functional groups attached to an aromatic ring is 1. The van der Waals surface area contributed by atoms with Gasteiger partial charge in [0.05, 0.1) is 19.9 Å². The summed E-state index contributed by atoms with van der Waals surface area (Å²) in [6.07, 6.45) is -2.86. The molecule has 0 amide bonds. The third-order valence-corrected chi connectivity index (χ3v) is 4.10. The number of carboxylic acid groups (broad SMARTS) is 1. The van der Waals surface area contributed by atoms with Crippen molar-refractivity contribution in [3.8, 4) is 0 Å². The third kappa shape index (κ3) is 3.29. The molecule has 12 heteroatoms. The number of aliphatic carboxylic acids is 1. The number of nitrogens with zero attached hydrogens (tertiary/aromatic N) is 3. The first-order valence-corrected chi connectivity index (χ1v) is 7.59. The van der Waals surface area contributed by atoms with Gasteiger partial charge in [-0.2, -0.15) is 0 Å². The van der Waals surface area contributed by atoms with E-state index in [1.165, 1.54) is 6.33 Å². The van der Waals surface area contributed by atoms with Crippen LogP contribution >= 0.6 is 0 Å². The SMILES string of the molecule is Nc1ncnc2c1NCN2[C@@H]1O[C@H](COC[C@H](N)C(=O)O)C(O)[C@@H]1O. The Morgan fingerprint density at radius 1 is 1.48 bits per heavy atom. The number of nitrogens with one attached hydrogen (secondary N) is 1. The van der Waals surface area contributed by atoms with Crippen LogP contribution in [0, 0.1) is 0 Å². The van der Waals surface area contributed by atoms with Crippen LogP contribution in [0.15, 0.2) is 6.33 Å². The number of carbonyl (C=O) groups is 1. The van der Waals surface area contributed by atoms with Crippen molar-refractivity contribution >= 4 is 23.3 Å². The van der Waals surface area contributed by atoms with Crippen molar-refractivity contribution in [2.45, 2.75) is 30.6 Å². The fraction of sp³-hybridized carbons (Fsp3) is 0.615. The summed E-state index contributed by atoms with van der Waals surface area (Å²) in [6, 6.07) is -1.17. The highest BCUT2D eigenvalue weighted by Gasteiger charge is 2.47. The van der Waals surface area contributed by atoms with Gasteiger partial charge < -0.3 is 46.5 Å². The number of anilines is 3. The summed E-state index contributed by atoms with van der Waals surface area (Å²) >= 11 is 0. The Morgan fingerprint density at radius 3 is 2.96 bits per heavy atom. The summed E-state index contributed by atoms with van der Waals surface area (Å²) in [5.74, 6) is -0.468. The number of aliphatic hydroxyl groups excluding tert-OH is 2. The van der Waals surface area contributed by atoms with Crippen molar-refractivity contribution in [1.82, 2.24) is 9.97 Å². The van der Waals surface area contributed by atoms with E-state index in [0.29, 0.717) is 11.5 Å². The van der Waals surface area contributed by atoms with Crippen molar-refractivity contribution < 1.29 is 29.6 Å². The van der Waals surface area contributed by atoms with Gasteiger partial charge in [0.2, 0.25) is 0 Å². The minimum absolute atomic E-state index is 0.115. The molecule has 0 saturated carbocycles. The topological polar surface area (TPSA) is 189 Å². The molecule has 8 N–H and O–H groups in total. The lowest BCUT2D eigenvalue weighted by atomic mass is 10.1. The predicted octanol–water partition coefficient (Wildman–Crippen LogP) is -2.88. The Bertz CT molecular complexity index is 647. The van der Waals surface area contributed by atoms with Crippen molar-refractivity contribution in [3.63, 3.8) is 0 Å². The van der Waals surface area contributed by atoms with E-state index in [1.807, 2.05) is 0 Å². The Balaban J connectivity index is 1.64. The predicted molar refractivity (Wildman–Crippen MR) is 84.5 cm³/mol. The standard InChI is InChI=1S/C13H20N6O6/c14-5(13(22)23)1-24-2-6-8(20)9(21)12(25-6)19-4-18-7-10(15)16-3-17-11(7)19/h3,5-6,8-9,12,18,20-21H,1-2,4,14H2,(H,22,23)(H2,15,16,17)/t5-,6+,8?,9-,12+/m0/s1. The Labute approximate surface area is 142 Å². The minimum atomic E-state index is -1.22. The van der Waals surface area contributed by atoms with E-state index < -0.39 is 36.6 Å². The molecule has 1 unspecified atom stereocenters. The molecular weight excluding hydrogens is 336 g/mol. The molecule has 1 aromatic rings. The maximum Gasteiger partial charge on any atom is 0.322 e. The van der Waals surface area contributed by atoms with Gasteiger partial charge in [0.25, 0.3) is 0 Å². The Hall–Kier alpha value is -2.25. The minimum Gasteiger partial charge on any atom is -0.480 e. The maximum atomic E-state index is 10.7. The number of carboxylic acids is 1. The first-order valence-electron chi connectivity index (χ1n) is 7.59. The first-order chi connectivity index (χ1) is 11.9. The van der Waals surface area contributed by atoms with Crippen LogP contribution in [0.3, 0.4) is 0 Å². The maximum absolute atomic E-state index is 10.7. The highest BCUT2D eigenvalue weighted by atomic mass is 16.6. The summed E-state index contributed by atoms with van der Waals surface area (Å²) in [6.45, 7) is -0.0829. The van der Waals surface area contributed by atoms with Gasteiger partial charge in [0.15, 0.2) is 17.9 Å². The van der Waals surface area contributed by atoms with Crippen molar-refractivity contribution in [2.75, 3.05) is 35.8 Å². The average Bonchev–Trinajstić information content (AvgIpc) is 3.12. The van der Waals surface area contributed by atoms with E-state index in [4.69, 9.17) is 26.0 Å². The average molecular weight is 356 g/mol. The largest absolute Gasteiger partial charge is 0.480 e. The second-order valence-electron chi connectivity index (χ2n) is 5.79. The number of hydrogen-bond acceptors (Lipinski definition) is 11. The van der Waals surface area contributed by atoms with E-state index >= 15 is 0 Å². The zero-order valence-electron chi connectivity index (χ0n) is 13.1. The smallest absolute Gasteiger partial charge is 0.322 e. The molecule has 1 fully saturated rings. The van der Waals surface area contributed by atoms with Crippen molar-refractivity contribution in [2.24, 2.45) is 5.73 Å². The van der Waals surface area contributed by atoms with E-state index in [9.17, 15) is 15.0 Å². The van der Waals surface area contributed by atoms with Crippen LogP contribution in [0.4, 0.5) is 17.3 Å². The van der Waals surface area contributed by atoms with Crippen molar-refractivity contribution in [3.05, 3.63) is 6.33 Å². The third-order valence-electron chi connectivity index (χ3n) is 4.10. The molecule has 1 saturated heterocycles. The van der Waals surface area contributed by atoms with Crippen molar-refractivity contribution in [1.29, 1.82) is 0 Å². The highest BCUT2D eigenvalue weighted by molar-refractivity contribution is 5.80. The highest BCUT2D eigenvalue weighted by Crippen LogP contribution is 2.37. The zero-order chi connectivity index (χ0) is 18.1. The van der Waals surface area contributed by atoms with E-state index in [0.717, 1.165) is 0 Å². The summed E-state index contributed by atoms with van der Waals surface area (Å²) < 4.78 is 10.9. The van der Waals surface area contributed by atoms with Gasteiger partial charge in [0.1, 0.15) is 36.4 Å². The summed E-state index contributed by atoms with van der Waals surface area (Å²) in [4.78, 5) is 20.3. The summed E-state index contributed by atoms with van der Waals surface area (Å²) in [5, 5.41) is 32.2. The van der Waals surface area contributed by atoms with Gasteiger partial charge in [-0.3, -0.25) is 4.79 Å².